The van der Waals surface area contributed by atoms with Crippen LogP contribution < -0.4 is 0 Å². The van der Waals surface area contributed by atoms with Gasteiger partial charge in [0.2, 0.25) is 0 Å². The van der Waals surface area contributed by atoms with E-state index >= 15 is 0 Å². The van der Waals surface area contributed by atoms with Crippen molar-refractivity contribution in [2.24, 2.45) is 0 Å². The van der Waals surface area contributed by atoms with E-state index in [9.17, 15) is 0 Å². The molecule has 1 rings (SSSR count). The van der Waals surface area contributed by atoms with Crippen molar-refractivity contribution >= 4 is 0 Å². The highest BCUT2D eigenvalue weighted by Crippen LogP contribution is 1.93. The molecule has 0 aliphatic heterocycles. The number of aryl methyl sites for hydroxylation is 2. The van der Waals surface area contributed by atoms with Gasteiger partial charge in [-0.25, -0.2) is 9.67 Å². The van der Waals surface area contributed by atoms with Crippen molar-refractivity contribution in [1.29, 1.82) is 0 Å². The highest BCUT2D eigenvalue weighted by atomic mass is 15.3. The molecule has 1 aromatic heterocycles. The molecule has 10 heavy (non-hydrogen) atoms. The molecule has 0 atom stereocenters. The summed E-state index contributed by atoms with van der Waals surface area (Å²) in [6.07, 6.45) is 5.10. The summed E-state index contributed by atoms with van der Waals surface area (Å²) in [6, 6.07) is 0. The molecule has 0 aliphatic carbocycles. The minimum Gasteiger partial charge on any atom is -0.238 e. The van der Waals surface area contributed by atoms with Crippen LogP contribution in [0.5, 0.6) is 0 Å². The lowest BCUT2D eigenvalue weighted by Gasteiger charge is -1.92. The first-order valence-corrected chi connectivity index (χ1v) is 3.05. The average Bonchev–Trinajstić information content (AvgIpc) is 2.13. The van der Waals surface area contributed by atoms with Crippen LogP contribution in [-0.2, 0) is 6.54 Å². The maximum Gasteiger partial charge on any atom is 0.147 e. The predicted molar refractivity (Wildman–Crippen MR) is 38.3 cm³/mol. The van der Waals surface area contributed by atoms with Crippen molar-refractivity contribution in [3.8, 4) is 12.3 Å². The number of aromatic nitrogens is 3. The molecule has 52 valence electrons. The first kappa shape index (κ1) is 6.81. The second-order valence-corrected chi connectivity index (χ2v) is 2.07. The zero-order valence-corrected chi connectivity index (χ0v) is 6.13. The quantitative estimate of drug-likeness (QED) is 0.526. The SMILES string of the molecule is C#CCn1nc(C)nc1C. The predicted octanol–water partition coefficient (Wildman–Crippen LogP) is 0.528. The lowest BCUT2D eigenvalue weighted by molar-refractivity contribution is 0.681. The monoisotopic (exact) mass is 135 g/mol. The van der Waals surface area contributed by atoms with E-state index in [0.29, 0.717) is 6.54 Å². The molecule has 0 radical (unpaired) electrons. The molecule has 0 aromatic carbocycles. The van der Waals surface area contributed by atoms with Crippen LogP contribution in [0.2, 0.25) is 0 Å². The zero-order valence-electron chi connectivity index (χ0n) is 6.13. The topological polar surface area (TPSA) is 30.7 Å². The van der Waals surface area contributed by atoms with Crippen LogP contribution in [0.4, 0.5) is 0 Å². The van der Waals surface area contributed by atoms with Crippen LogP contribution in [0.3, 0.4) is 0 Å². The normalized spacial score (nSPS) is 9.30. The van der Waals surface area contributed by atoms with Gasteiger partial charge in [0.15, 0.2) is 0 Å². The maximum atomic E-state index is 5.10. The van der Waals surface area contributed by atoms with Gasteiger partial charge in [-0.3, -0.25) is 0 Å². The van der Waals surface area contributed by atoms with Gasteiger partial charge < -0.3 is 0 Å². The van der Waals surface area contributed by atoms with Crippen molar-refractivity contribution in [1.82, 2.24) is 14.8 Å². The summed E-state index contributed by atoms with van der Waals surface area (Å²) in [4.78, 5) is 4.09. The molecule has 1 aromatic rings. The second kappa shape index (κ2) is 2.53. The standard InChI is InChI=1S/C7H9N3/c1-4-5-10-7(3)8-6(2)9-10/h1H,5H2,2-3H3. The lowest BCUT2D eigenvalue weighted by atomic mass is 10.6. The summed E-state index contributed by atoms with van der Waals surface area (Å²) in [5.41, 5.74) is 0. The highest BCUT2D eigenvalue weighted by molar-refractivity contribution is 4.92. The van der Waals surface area contributed by atoms with E-state index < -0.39 is 0 Å². The van der Waals surface area contributed by atoms with E-state index in [4.69, 9.17) is 6.42 Å². The third-order valence-electron chi connectivity index (χ3n) is 1.20. The molecule has 3 heteroatoms. The van der Waals surface area contributed by atoms with Crippen LogP contribution >= 0.6 is 0 Å². The lowest BCUT2D eigenvalue weighted by Crippen LogP contribution is -2.00. The van der Waals surface area contributed by atoms with E-state index in [2.05, 4.69) is 16.0 Å². The Morgan fingerprint density at radius 2 is 2.30 bits per heavy atom. The Labute approximate surface area is 60.1 Å². The van der Waals surface area contributed by atoms with Gasteiger partial charge in [0.25, 0.3) is 0 Å². The van der Waals surface area contributed by atoms with Crippen molar-refractivity contribution in [2.45, 2.75) is 20.4 Å². The largest absolute Gasteiger partial charge is 0.238 e. The smallest absolute Gasteiger partial charge is 0.147 e. The third-order valence-corrected chi connectivity index (χ3v) is 1.20. The molecule has 0 saturated carbocycles. The van der Waals surface area contributed by atoms with Crippen molar-refractivity contribution in [2.75, 3.05) is 0 Å². The molecule has 0 bridgehead atoms. The third kappa shape index (κ3) is 1.16. The minimum atomic E-state index is 0.507. The first-order chi connectivity index (χ1) is 4.74. The Morgan fingerprint density at radius 3 is 2.70 bits per heavy atom. The van der Waals surface area contributed by atoms with Gasteiger partial charge in [0, 0.05) is 0 Å². The Balaban J connectivity index is 2.94. The fraction of sp³-hybridized carbons (Fsp3) is 0.429. The van der Waals surface area contributed by atoms with Crippen LogP contribution in [0.25, 0.3) is 0 Å². The van der Waals surface area contributed by atoms with Crippen molar-refractivity contribution < 1.29 is 0 Å². The Morgan fingerprint density at radius 1 is 1.60 bits per heavy atom. The summed E-state index contributed by atoms with van der Waals surface area (Å²) < 4.78 is 1.70. The highest BCUT2D eigenvalue weighted by Gasteiger charge is 1.98. The summed E-state index contributed by atoms with van der Waals surface area (Å²) in [6.45, 7) is 4.24. The van der Waals surface area contributed by atoms with Gasteiger partial charge >= 0.3 is 0 Å². The van der Waals surface area contributed by atoms with Gasteiger partial charge in [-0.15, -0.1) is 6.42 Å². The second-order valence-electron chi connectivity index (χ2n) is 2.07. The van der Waals surface area contributed by atoms with E-state index in [1.54, 1.807) is 4.68 Å². The van der Waals surface area contributed by atoms with Crippen molar-refractivity contribution in [3.05, 3.63) is 11.6 Å². The maximum absolute atomic E-state index is 5.10. The first-order valence-electron chi connectivity index (χ1n) is 3.05. The van der Waals surface area contributed by atoms with E-state index in [0.717, 1.165) is 11.6 Å². The molecule has 0 unspecified atom stereocenters. The molecule has 0 saturated heterocycles. The Hall–Kier alpha value is -1.30. The fourth-order valence-corrected chi connectivity index (χ4v) is 0.798. The average molecular weight is 135 g/mol. The van der Waals surface area contributed by atoms with Gasteiger partial charge in [0.05, 0.1) is 0 Å². The molecule has 0 spiro atoms. The molecule has 0 amide bonds. The summed E-state index contributed by atoms with van der Waals surface area (Å²) in [7, 11) is 0. The van der Waals surface area contributed by atoms with Gasteiger partial charge in [-0.2, -0.15) is 5.10 Å². The molecule has 0 aliphatic rings. The number of hydrogen-bond acceptors (Lipinski definition) is 2. The Kier molecular flexibility index (Phi) is 1.72. The molecule has 1 heterocycles. The van der Waals surface area contributed by atoms with E-state index in [1.807, 2.05) is 13.8 Å². The van der Waals surface area contributed by atoms with Crippen LogP contribution in [0, 0.1) is 26.2 Å². The molecular formula is C7H9N3. The molecule has 3 nitrogen and oxygen atoms in total. The fourth-order valence-electron chi connectivity index (χ4n) is 0.798. The van der Waals surface area contributed by atoms with E-state index in [-0.39, 0.29) is 0 Å². The van der Waals surface area contributed by atoms with Crippen LogP contribution in [0.15, 0.2) is 0 Å². The van der Waals surface area contributed by atoms with Gasteiger partial charge in [-0.05, 0) is 13.8 Å². The number of terminal acetylenes is 1. The summed E-state index contributed by atoms with van der Waals surface area (Å²) in [5.74, 6) is 4.14. The van der Waals surface area contributed by atoms with Crippen molar-refractivity contribution in [3.63, 3.8) is 0 Å². The van der Waals surface area contributed by atoms with E-state index in [1.165, 1.54) is 0 Å². The Bertz CT molecular complexity index is 267. The molecule has 0 N–H and O–H groups in total. The van der Waals surface area contributed by atoms with Gasteiger partial charge in [-0.1, -0.05) is 5.92 Å². The molecular weight excluding hydrogens is 126 g/mol. The number of hydrogen-bond donors (Lipinski definition) is 0. The van der Waals surface area contributed by atoms with Crippen LogP contribution in [-0.4, -0.2) is 14.8 Å². The summed E-state index contributed by atoms with van der Waals surface area (Å²) in [5, 5.41) is 4.06. The van der Waals surface area contributed by atoms with Crippen LogP contribution in [0.1, 0.15) is 11.6 Å². The zero-order chi connectivity index (χ0) is 7.56. The minimum absolute atomic E-state index is 0.507. The summed E-state index contributed by atoms with van der Waals surface area (Å²) >= 11 is 0. The number of nitrogens with zero attached hydrogens (tertiary/aromatic N) is 3. The number of rotatable bonds is 1. The molecule has 0 fully saturated rings. The van der Waals surface area contributed by atoms with Gasteiger partial charge in [0.1, 0.15) is 18.2 Å².